The van der Waals surface area contributed by atoms with Gasteiger partial charge in [0.05, 0.1) is 23.7 Å². The van der Waals surface area contributed by atoms with Crippen LogP contribution in [-0.2, 0) is 72.1 Å². The van der Waals surface area contributed by atoms with Crippen molar-refractivity contribution < 1.29 is 74.0 Å². The number of hydrogen-bond donors (Lipinski definition) is 7. The van der Waals surface area contributed by atoms with Gasteiger partial charge in [-0.05, 0) is 88.1 Å². The van der Waals surface area contributed by atoms with Crippen LogP contribution in [0, 0.1) is 6.92 Å². The second-order valence-corrected chi connectivity index (χ2v) is 21.7. The molecule has 0 saturated carbocycles. The van der Waals surface area contributed by atoms with Gasteiger partial charge in [-0.15, -0.1) is 0 Å². The molecule has 370 valence electrons. The molecule has 4 heterocycles. The van der Waals surface area contributed by atoms with Crippen LogP contribution in [0.4, 0.5) is 5.69 Å². The van der Waals surface area contributed by atoms with Crippen LogP contribution in [0.1, 0.15) is 97.6 Å². The standard InChI is InChI=1S/C45H57N4O16PS2/c1-28-41-29(9-5-17-47-41)25-34-40(35-26-30-10-6-20-49-21-7-11-33(42(30)49)44(35)64-43(28)34)32-14-13-31(27-37(32)68(59,60)61)67(57,58)48-18-4-2-3-12-38(50)46-19-24-62-22-8-23-63-66(55,56)65-36(45(53)54)15-16-39(51)52/h13-14,25-27,36,48H,2-12,15-24H2,1H3,(H5,46,50,51,52,53,54,55,56,59,60,61)/p+1. The summed E-state index contributed by atoms with van der Waals surface area (Å²) < 4.78 is 103. The molecule has 0 saturated heterocycles. The van der Waals surface area contributed by atoms with Gasteiger partial charge < -0.3 is 35.2 Å². The Labute approximate surface area is 394 Å². The molecule has 68 heavy (non-hydrogen) atoms. The maximum Gasteiger partial charge on any atom is 0.473 e. The number of carbonyl (C=O) groups is 3. The first kappa shape index (κ1) is 51.1. The molecular weight excluding hydrogens is 948 g/mol. The number of phosphoric ester groups is 1. The van der Waals surface area contributed by atoms with Crippen molar-refractivity contribution in [1.29, 1.82) is 0 Å². The van der Waals surface area contributed by atoms with Crippen molar-refractivity contribution in [2.75, 3.05) is 57.9 Å². The number of nitrogens with one attached hydrogen (secondary N) is 3. The average molecular weight is 1010 g/mol. The van der Waals surface area contributed by atoms with Gasteiger partial charge in [0, 0.05) is 90.7 Å². The Kier molecular flexibility index (Phi) is 16.4. The number of unbranched alkanes of at least 4 members (excludes halogenated alkanes) is 2. The molecule has 3 aromatic rings. The van der Waals surface area contributed by atoms with Gasteiger partial charge in [-0.3, -0.25) is 23.2 Å². The lowest BCUT2D eigenvalue weighted by atomic mass is 9.85. The fourth-order valence-electron chi connectivity index (χ4n) is 9.22. The number of phosphoric acid groups is 1. The number of ether oxygens (including phenoxy) is 2. The molecule has 4 aliphatic rings. The number of nitrogens with zero attached hydrogens (tertiary/aromatic N) is 1. The second kappa shape index (κ2) is 21.9. The maximum absolute atomic E-state index is 13.6. The molecule has 0 spiro atoms. The van der Waals surface area contributed by atoms with Crippen LogP contribution in [0.2, 0.25) is 0 Å². The van der Waals surface area contributed by atoms with Crippen molar-refractivity contribution in [3.63, 3.8) is 0 Å². The number of fused-ring (bicyclic) bond motifs is 4. The van der Waals surface area contributed by atoms with E-state index >= 15 is 0 Å². The third kappa shape index (κ3) is 12.1. The van der Waals surface area contributed by atoms with Gasteiger partial charge in [-0.25, -0.2) is 27.1 Å². The number of carbonyl (C=O) groups excluding carboxylic acids is 1. The lowest BCUT2D eigenvalue weighted by molar-refractivity contribution is -0.147. The Bertz CT molecular complexity index is 2870. The van der Waals surface area contributed by atoms with E-state index in [1.165, 1.54) is 17.5 Å². The van der Waals surface area contributed by atoms with Crippen LogP contribution >= 0.6 is 7.82 Å². The van der Waals surface area contributed by atoms with Crippen LogP contribution in [0.25, 0.3) is 5.57 Å². The molecule has 2 unspecified atom stereocenters. The number of carboxylic acid groups (broad SMARTS) is 2. The highest BCUT2D eigenvalue weighted by molar-refractivity contribution is 7.89. The van der Waals surface area contributed by atoms with E-state index in [-0.39, 0.29) is 62.1 Å². The number of rotatable bonds is 24. The molecule has 0 fully saturated rings. The van der Waals surface area contributed by atoms with Gasteiger partial charge in [-0.1, -0.05) is 12.5 Å². The lowest BCUT2D eigenvalue weighted by Crippen LogP contribution is -2.45. The molecule has 7 N–H and O–H groups in total. The van der Waals surface area contributed by atoms with E-state index in [1.807, 2.05) is 13.0 Å². The lowest BCUT2D eigenvalue weighted by Gasteiger charge is -2.30. The molecule has 4 aliphatic heterocycles. The number of aryl methyl sites for hydroxylation is 2. The smallest absolute Gasteiger partial charge is 0.473 e. The molecule has 0 aliphatic carbocycles. The average Bonchev–Trinajstić information content (AvgIpc) is 3.29. The molecule has 2 atom stereocenters. The number of aliphatic carboxylic acids is 2. The third-order valence-electron chi connectivity index (χ3n) is 12.3. The largest absolute Gasteiger partial charge is 0.481 e. The number of carboxylic acids is 2. The first-order chi connectivity index (χ1) is 32.3. The Morgan fingerprint density at radius 1 is 0.882 bits per heavy atom. The molecule has 1 amide bonds. The van der Waals surface area contributed by atoms with Gasteiger partial charge in [0.2, 0.25) is 21.3 Å². The minimum absolute atomic E-state index is 0.00594. The van der Waals surface area contributed by atoms with Crippen LogP contribution < -0.4 is 35.2 Å². The topological polar surface area (TPSA) is 293 Å². The SMILES string of the molecule is Cc1c2c(cc3c1Oc1c4c5c(cc1=C3c1ccc(S(=O)(=O)NCCCCCC(=O)NCCOCCCOP(=O)(O)OC(CCC(=O)O)C(=O)O)cc1S(=O)(=O)O)CCC[N+]=5CCC4)CCCN2. The molecule has 20 nitrogen and oxygen atoms in total. The normalized spacial score (nSPS) is 16.5. The highest BCUT2D eigenvalue weighted by atomic mass is 32.2. The van der Waals surface area contributed by atoms with Gasteiger partial charge in [-0.2, -0.15) is 8.42 Å². The molecule has 23 heteroatoms. The summed E-state index contributed by atoms with van der Waals surface area (Å²) in [6.07, 6.45) is 3.91. The monoisotopic (exact) mass is 1010 g/mol. The van der Waals surface area contributed by atoms with E-state index in [1.54, 1.807) is 0 Å². The quantitative estimate of drug-likeness (QED) is 0.0230. The first-order valence-corrected chi connectivity index (χ1v) is 27.2. The Hall–Kier alpha value is -4.77. The van der Waals surface area contributed by atoms with Crippen molar-refractivity contribution in [2.24, 2.45) is 0 Å². The summed E-state index contributed by atoms with van der Waals surface area (Å²) in [7, 11) is -14.0. The van der Waals surface area contributed by atoms with Gasteiger partial charge in [0.25, 0.3) is 10.1 Å². The van der Waals surface area contributed by atoms with Gasteiger partial charge in [0.1, 0.15) is 29.5 Å². The summed E-state index contributed by atoms with van der Waals surface area (Å²) in [4.78, 5) is 43.1. The highest BCUT2D eigenvalue weighted by Gasteiger charge is 2.36. The zero-order valence-electron chi connectivity index (χ0n) is 37.7. The maximum atomic E-state index is 13.6. The fraction of sp³-hybridized carbons (Fsp3) is 0.511. The van der Waals surface area contributed by atoms with E-state index in [0.29, 0.717) is 47.1 Å². The number of sulfonamides is 1. The summed E-state index contributed by atoms with van der Waals surface area (Å²) in [5.74, 6) is -1.92. The number of amides is 1. The van der Waals surface area contributed by atoms with Crippen molar-refractivity contribution >= 4 is 57.1 Å². The van der Waals surface area contributed by atoms with Crippen LogP contribution in [-0.4, -0.2) is 113 Å². The molecule has 3 aromatic carbocycles. The zero-order chi connectivity index (χ0) is 48.8. The summed E-state index contributed by atoms with van der Waals surface area (Å²) in [6, 6.07) is 7.91. The van der Waals surface area contributed by atoms with Crippen LogP contribution in [0.5, 0.6) is 11.5 Å². The fourth-order valence-corrected chi connectivity index (χ4v) is 12.1. The van der Waals surface area contributed by atoms with Gasteiger partial charge in [0.15, 0.2) is 6.10 Å². The third-order valence-corrected chi connectivity index (χ3v) is 15.7. The zero-order valence-corrected chi connectivity index (χ0v) is 40.2. The molecular formula is C45H58N4O16PS2+. The van der Waals surface area contributed by atoms with E-state index < -0.39 is 63.7 Å². The highest BCUT2D eigenvalue weighted by Crippen LogP contribution is 2.47. The van der Waals surface area contributed by atoms with Crippen LogP contribution in [0.15, 0.2) is 40.1 Å². The van der Waals surface area contributed by atoms with Crippen molar-refractivity contribution in [3.8, 4) is 11.5 Å². The van der Waals surface area contributed by atoms with E-state index in [4.69, 9.17) is 24.2 Å². The minimum Gasteiger partial charge on any atom is -0.481 e. The van der Waals surface area contributed by atoms with Crippen molar-refractivity contribution in [1.82, 2.24) is 14.6 Å². The van der Waals surface area contributed by atoms with E-state index in [9.17, 15) is 45.2 Å². The first-order valence-electron chi connectivity index (χ1n) is 22.8. The van der Waals surface area contributed by atoms with E-state index in [0.717, 1.165) is 92.2 Å². The van der Waals surface area contributed by atoms with E-state index in [2.05, 4.69) is 30.5 Å². The number of hydrogen-bond acceptors (Lipinski definition) is 13. The van der Waals surface area contributed by atoms with Crippen molar-refractivity contribution in [3.05, 3.63) is 74.3 Å². The Morgan fingerprint density at radius 3 is 2.40 bits per heavy atom. The van der Waals surface area contributed by atoms with Gasteiger partial charge >= 0.3 is 19.8 Å². The summed E-state index contributed by atoms with van der Waals surface area (Å²) in [5.41, 5.74) is 6.55. The summed E-state index contributed by atoms with van der Waals surface area (Å²) in [6.45, 7) is 4.73. The number of anilines is 1. The molecule has 7 rings (SSSR count). The minimum atomic E-state index is -4.97. The Morgan fingerprint density at radius 2 is 1.65 bits per heavy atom. The predicted molar refractivity (Wildman–Crippen MR) is 246 cm³/mol. The summed E-state index contributed by atoms with van der Waals surface area (Å²) in [5, 5.41) is 25.9. The number of benzene rings is 3. The predicted octanol–water partition coefficient (Wildman–Crippen LogP) is 3.15. The van der Waals surface area contributed by atoms with Crippen molar-refractivity contribution in [2.45, 2.75) is 106 Å². The molecule has 0 aromatic heterocycles. The second-order valence-electron chi connectivity index (χ2n) is 17.2. The molecule has 0 bridgehead atoms. The summed E-state index contributed by atoms with van der Waals surface area (Å²) >= 11 is 0. The van der Waals surface area contributed by atoms with Crippen LogP contribution in [0.3, 0.4) is 0 Å². The molecule has 0 radical (unpaired) electrons. The Balaban J connectivity index is 0.938.